The molecule has 5 heteroatoms. The Hall–Kier alpha value is -1.88. The van der Waals surface area contributed by atoms with Gasteiger partial charge in [0, 0.05) is 17.3 Å². The Morgan fingerprint density at radius 2 is 1.72 bits per heavy atom. The number of pyridine rings is 1. The first-order chi connectivity index (χ1) is 12.1. The Bertz CT molecular complexity index is 976. The lowest BCUT2D eigenvalue weighted by Crippen LogP contribution is -2.33. The lowest BCUT2D eigenvalue weighted by molar-refractivity contribution is 0.111. The van der Waals surface area contributed by atoms with Gasteiger partial charge in [-0.25, -0.2) is 0 Å². The SMILES string of the molecule is O=c1c2ccccc2n(CC(O)CN2CCCC2)c2c(Cl)cccc12. The van der Waals surface area contributed by atoms with Crippen molar-refractivity contribution >= 4 is 33.4 Å². The molecular formula is C20H21ClN2O2. The molecule has 0 bridgehead atoms. The van der Waals surface area contributed by atoms with E-state index >= 15 is 0 Å². The van der Waals surface area contributed by atoms with E-state index < -0.39 is 6.10 Å². The van der Waals surface area contributed by atoms with Crippen LogP contribution in [0.15, 0.2) is 47.3 Å². The van der Waals surface area contributed by atoms with Crippen molar-refractivity contribution in [2.45, 2.75) is 25.5 Å². The van der Waals surface area contributed by atoms with Crippen LogP contribution in [0.4, 0.5) is 0 Å². The van der Waals surface area contributed by atoms with Crippen molar-refractivity contribution < 1.29 is 5.11 Å². The normalized spacial score (nSPS) is 16.7. The second-order valence-electron chi connectivity index (χ2n) is 6.75. The molecule has 1 aliphatic heterocycles. The molecule has 3 aromatic rings. The summed E-state index contributed by atoms with van der Waals surface area (Å²) in [6.07, 6.45) is 1.88. The van der Waals surface area contributed by atoms with Crippen molar-refractivity contribution in [3.8, 4) is 0 Å². The minimum absolute atomic E-state index is 0.0154. The topological polar surface area (TPSA) is 45.5 Å². The van der Waals surface area contributed by atoms with Gasteiger partial charge in [0.2, 0.25) is 0 Å². The largest absolute Gasteiger partial charge is 0.390 e. The number of benzene rings is 2. The third-order valence-corrected chi connectivity index (χ3v) is 5.31. The van der Waals surface area contributed by atoms with E-state index in [1.165, 1.54) is 12.8 Å². The second-order valence-corrected chi connectivity index (χ2v) is 7.16. The average molecular weight is 357 g/mol. The van der Waals surface area contributed by atoms with Crippen LogP contribution in [0, 0.1) is 0 Å². The molecule has 4 rings (SSSR count). The summed E-state index contributed by atoms with van der Waals surface area (Å²) in [4.78, 5) is 15.1. The van der Waals surface area contributed by atoms with Gasteiger partial charge in [-0.2, -0.15) is 0 Å². The Morgan fingerprint density at radius 3 is 2.52 bits per heavy atom. The molecule has 2 aromatic carbocycles. The number of rotatable bonds is 4. The van der Waals surface area contributed by atoms with Gasteiger partial charge in [0.1, 0.15) is 0 Å². The van der Waals surface area contributed by atoms with Gasteiger partial charge < -0.3 is 14.6 Å². The summed E-state index contributed by atoms with van der Waals surface area (Å²) in [5, 5.41) is 12.4. The zero-order chi connectivity index (χ0) is 17.4. The lowest BCUT2D eigenvalue weighted by atomic mass is 10.1. The van der Waals surface area contributed by atoms with Crippen LogP contribution in [0.1, 0.15) is 12.8 Å². The smallest absolute Gasteiger partial charge is 0.197 e. The van der Waals surface area contributed by atoms with E-state index in [0.717, 1.165) is 18.6 Å². The van der Waals surface area contributed by atoms with Gasteiger partial charge in [0.15, 0.2) is 5.43 Å². The standard InChI is InChI=1S/C20H21ClN2O2/c21-17-8-5-7-16-19(17)23(13-14(24)12-22-10-3-4-11-22)18-9-2-1-6-15(18)20(16)25/h1-2,5-9,14,24H,3-4,10-13H2. The van der Waals surface area contributed by atoms with Crippen LogP contribution >= 0.6 is 11.6 Å². The third kappa shape index (κ3) is 3.06. The summed E-state index contributed by atoms with van der Waals surface area (Å²) >= 11 is 6.44. The first kappa shape index (κ1) is 16.6. The lowest BCUT2D eigenvalue weighted by Gasteiger charge is -2.23. The first-order valence-electron chi connectivity index (χ1n) is 8.75. The van der Waals surface area contributed by atoms with E-state index in [-0.39, 0.29) is 5.43 Å². The summed E-state index contributed by atoms with van der Waals surface area (Å²) in [5.74, 6) is 0. The molecule has 130 valence electrons. The molecule has 1 aliphatic rings. The van der Waals surface area contributed by atoms with Crippen LogP contribution in [-0.2, 0) is 6.54 Å². The van der Waals surface area contributed by atoms with Gasteiger partial charge in [0.25, 0.3) is 0 Å². The first-order valence-corrected chi connectivity index (χ1v) is 9.13. The van der Waals surface area contributed by atoms with E-state index in [2.05, 4.69) is 4.90 Å². The number of hydrogen-bond donors (Lipinski definition) is 1. The molecule has 0 aliphatic carbocycles. The number of fused-ring (bicyclic) bond motifs is 2. The Kier molecular flexibility index (Phi) is 4.50. The molecule has 1 saturated heterocycles. The number of likely N-dealkylation sites (tertiary alicyclic amines) is 1. The monoisotopic (exact) mass is 356 g/mol. The molecule has 1 atom stereocenters. The maximum atomic E-state index is 12.8. The van der Waals surface area contributed by atoms with E-state index in [4.69, 9.17) is 11.6 Å². The van der Waals surface area contributed by atoms with E-state index in [0.29, 0.717) is 34.4 Å². The Balaban J connectivity index is 1.85. The number of hydrogen-bond acceptors (Lipinski definition) is 3. The van der Waals surface area contributed by atoms with Crippen molar-refractivity contribution in [1.82, 2.24) is 9.47 Å². The maximum Gasteiger partial charge on any atom is 0.197 e. The summed E-state index contributed by atoms with van der Waals surface area (Å²) in [6.45, 7) is 3.15. The number of aliphatic hydroxyl groups excluding tert-OH is 1. The van der Waals surface area contributed by atoms with Gasteiger partial charge in [-0.05, 0) is 50.2 Å². The Morgan fingerprint density at radius 1 is 1.00 bits per heavy atom. The van der Waals surface area contributed by atoms with Gasteiger partial charge in [0.05, 0.1) is 28.7 Å². The fourth-order valence-corrected chi connectivity index (χ4v) is 4.14. The molecule has 25 heavy (non-hydrogen) atoms. The van der Waals surface area contributed by atoms with Crippen molar-refractivity contribution in [2.75, 3.05) is 19.6 Å². The second kappa shape index (κ2) is 6.79. The van der Waals surface area contributed by atoms with E-state index in [9.17, 15) is 9.90 Å². The molecule has 0 spiro atoms. The fraction of sp³-hybridized carbons (Fsp3) is 0.350. The van der Waals surface area contributed by atoms with Crippen molar-refractivity contribution in [3.05, 3.63) is 57.7 Å². The highest BCUT2D eigenvalue weighted by molar-refractivity contribution is 6.35. The number of aliphatic hydroxyl groups is 1. The number of para-hydroxylation sites is 2. The molecule has 0 saturated carbocycles. The van der Waals surface area contributed by atoms with Gasteiger partial charge >= 0.3 is 0 Å². The highest BCUT2D eigenvalue weighted by Crippen LogP contribution is 2.26. The number of β-amino-alcohol motifs (C(OH)–C–C–N with tert-alkyl or cyclic N) is 1. The molecule has 0 amide bonds. The van der Waals surface area contributed by atoms with Crippen LogP contribution in [0.3, 0.4) is 0 Å². The minimum Gasteiger partial charge on any atom is -0.390 e. The molecule has 1 N–H and O–H groups in total. The highest BCUT2D eigenvalue weighted by atomic mass is 35.5. The van der Waals surface area contributed by atoms with Crippen LogP contribution in [0.5, 0.6) is 0 Å². The van der Waals surface area contributed by atoms with E-state index in [1.54, 1.807) is 18.2 Å². The van der Waals surface area contributed by atoms with Crippen molar-refractivity contribution in [1.29, 1.82) is 0 Å². The van der Waals surface area contributed by atoms with Gasteiger partial charge in [-0.3, -0.25) is 4.79 Å². The maximum absolute atomic E-state index is 12.8. The van der Waals surface area contributed by atoms with Gasteiger partial charge in [-0.1, -0.05) is 29.8 Å². The molecule has 1 aromatic heterocycles. The predicted octanol–water partition coefficient (Wildman–Crippen LogP) is 3.26. The third-order valence-electron chi connectivity index (χ3n) is 5.00. The van der Waals surface area contributed by atoms with Crippen molar-refractivity contribution in [2.24, 2.45) is 0 Å². The molecule has 2 heterocycles. The molecule has 1 fully saturated rings. The summed E-state index contributed by atoms with van der Waals surface area (Å²) in [6, 6.07) is 12.9. The van der Waals surface area contributed by atoms with Crippen LogP contribution in [-0.4, -0.2) is 40.3 Å². The van der Waals surface area contributed by atoms with Crippen molar-refractivity contribution in [3.63, 3.8) is 0 Å². The molecular weight excluding hydrogens is 336 g/mol. The fourth-order valence-electron chi connectivity index (χ4n) is 3.86. The molecule has 4 nitrogen and oxygen atoms in total. The quantitative estimate of drug-likeness (QED) is 0.730. The summed E-state index contributed by atoms with van der Waals surface area (Å²) in [5.41, 5.74) is 1.50. The summed E-state index contributed by atoms with van der Waals surface area (Å²) < 4.78 is 2.00. The zero-order valence-electron chi connectivity index (χ0n) is 14.0. The van der Waals surface area contributed by atoms with Crippen LogP contribution < -0.4 is 5.43 Å². The van der Waals surface area contributed by atoms with Crippen LogP contribution in [0.2, 0.25) is 5.02 Å². The number of halogens is 1. The number of nitrogens with zero attached hydrogens (tertiary/aromatic N) is 2. The number of aromatic nitrogens is 1. The predicted molar refractivity (Wildman–Crippen MR) is 102 cm³/mol. The molecule has 0 radical (unpaired) electrons. The average Bonchev–Trinajstić information content (AvgIpc) is 3.11. The Labute approximate surface area is 151 Å². The van der Waals surface area contributed by atoms with E-state index in [1.807, 2.05) is 28.8 Å². The zero-order valence-corrected chi connectivity index (χ0v) is 14.7. The summed E-state index contributed by atoms with van der Waals surface area (Å²) in [7, 11) is 0. The van der Waals surface area contributed by atoms with Gasteiger partial charge in [-0.15, -0.1) is 0 Å². The minimum atomic E-state index is -0.511. The van der Waals surface area contributed by atoms with Crippen LogP contribution in [0.25, 0.3) is 21.8 Å². The highest BCUT2D eigenvalue weighted by Gasteiger charge is 2.19. The molecule has 1 unspecified atom stereocenters.